The van der Waals surface area contributed by atoms with Crippen molar-refractivity contribution in [2.24, 2.45) is 0 Å². The smallest absolute Gasteiger partial charge is 0.256 e. The molecule has 2 aromatic heterocycles. The van der Waals surface area contributed by atoms with Crippen LogP contribution in [0.4, 0.5) is 0 Å². The second-order valence-electron chi connectivity index (χ2n) is 5.79. The number of hydrogen-bond donors (Lipinski definition) is 1. The molecule has 0 spiro atoms. The first-order valence-corrected chi connectivity index (χ1v) is 8.50. The number of hydrogen-bond acceptors (Lipinski definition) is 4. The predicted octanol–water partition coefficient (Wildman–Crippen LogP) is 3.23. The number of aromatic nitrogens is 3. The molecule has 0 saturated heterocycles. The number of nitrogens with zero attached hydrogens (tertiary/aromatic N) is 3. The average Bonchev–Trinajstić information content (AvgIpc) is 2.94. The maximum absolute atomic E-state index is 12.6. The highest BCUT2D eigenvalue weighted by atomic mass is 35.5. The molecule has 3 rings (SSSR count). The van der Waals surface area contributed by atoms with Gasteiger partial charge in [0, 0.05) is 18.8 Å². The molecule has 1 N–H and O–H groups in total. The Labute approximate surface area is 156 Å². The molecule has 134 valence electrons. The molecule has 6 nitrogen and oxygen atoms in total. The Morgan fingerprint density at radius 1 is 1.19 bits per heavy atom. The van der Waals surface area contributed by atoms with Crippen molar-refractivity contribution in [3.05, 3.63) is 76.2 Å². The van der Waals surface area contributed by atoms with Gasteiger partial charge in [-0.05, 0) is 18.1 Å². The number of amides is 1. The van der Waals surface area contributed by atoms with E-state index in [4.69, 9.17) is 16.3 Å². The van der Waals surface area contributed by atoms with E-state index >= 15 is 0 Å². The largest absolute Gasteiger partial charge is 0.481 e. The normalized spacial score (nSPS) is 10.6. The summed E-state index contributed by atoms with van der Waals surface area (Å²) >= 11 is 6.41. The first-order valence-electron chi connectivity index (χ1n) is 8.12. The van der Waals surface area contributed by atoms with E-state index < -0.39 is 0 Å². The molecule has 1 aromatic carbocycles. The Kier molecular flexibility index (Phi) is 5.53. The van der Waals surface area contributed by atoms with E-state index in [0.717, 1.165) is 11.1 Å². The second-order valence-corrected chi connectivity index (χ2v) is 6.14. The van der Waals surface area contributed by atoms with Gasteiger partial charge in [-0.15, -0.1) is 0 Å². The van der Waals surface area contributed by atoms with Crippen molar-refractivity contribution in [2.75, 3.05) is 7.11 Å². The first kappa shape index (κ1) is 17.9. The van der Waals surface area contributed by atoms with Gasteiger partial charge >= 0.3 is 0 Å². The molecule has 0 aliphatic carbocycles. The van der Waals surface area contributed by atoms with Crippen molar-refractivity contribution in [1.82, 2.24) is 20.1 Å². The fraction of sp³-hybridized carbons (Fsp3) is 0.211. The summed E-state index contributed by atoms with van der Waals surface area (Å²) in [5.41, 5.74) is 2.91. The number of carbonyl (C=O) groups excluding carboxylic acids is 1. The Morgan fingerprint density at radius 3 is 2.62 bits per heavy atom. The summed E-state index contributed by atoms with van der Waals surface area (Å²) in [5.74, 6) is 0.267. The zero-order valence-corrected chi connectivity index (χ0v) is 15.3. The zero-order valence-electron chi connectivity index (χ0n) is 14.6. The molecule has 3 aromatic rings. The molecule has 0 unspecified atom stereocenters. The summed E-state index contributed by atoms with van der Waals surface area (Å²) in [6.07, 6.45) is 1.66. The lowest BCUT2D eigenvalue weighted by atomic mass is 10.2. The minimum Gasteiger partial charge on any atom is -0.481 e. The fourth-order valence-corrected chi connectivity index (χ4v) is 2.90. The second kappa shape index (κ2) is 8.01. The number of methoxy groups -OCH3 is 1. The number of aryl methyl sites for hydroxylation is 1. The molecular formula is C19H19ClN4O2. The Hall–Kier alpha value is -2.86. The van der Waals surface area contributed by atoms with Crippen LogP contribution in [-0.2, 0) is 13.1 Å². The fourth-order valence-electron chi connectivity index (χ4n) is 2.58. The molecule has 0 aliphatic heterocycles. The lowest BCUT2D eigenvalue weighted by molar-refractivity contribution is 0.0950. The van der Waals surface area contributed by atoms with Crippen molar-refractivity contribution >= 4 is 17.5 Å². The van der Waals surface area contributed by atoms with Gasteiger partial charge in [0.2, 0.25) is 5.88 Å². The van der Waals surface area contributed by atoms with Gasteiger partial charge in [0.15, 0.2) is 0 Å². The predicted molar refractivity (Wildman–Crippen MR) is 99.5 cm³/mol. The quantitative estimate of drug-likeness (QED) is 0.723. The summed E-state index contributed by atoms with van der Waals surface area (Å²) < 4.78 is 6.66. The molecule has 7 heteroatoms. The SMILES string of the molecule is COc1ccc(CNC(=O)c2c(C)nn(Cc3ccccc3)c2Cl)cn1. The summed E-state index contributed by atoms with van der Waals surface area (Å²) in [5, 5.41) is 7.58. The molecule has 1 amide bonds. The van der Waals surface area contributed by atoms with Crippen molar-refractivity contribution in [2.45, 2.75) is 20.0 Å². The molecular weight excluding hydrogens is 352 g/mol. The van der Waals surface area contributed by atoms with Crippen molar-refractivity contribution in [3.63, 3.8) is 0 Å². The van der Waals surface area contributed by atoms with E-state index in [9.17, 15) is 4.79 Å². The van der Waals surface area contributed by atoms with Gasteiger partial charge in [0.1, 0.15) is 5.15 Å². The van der Waals surface area contributed by atoms with Crippen LogP contribution in [0.15, 0.2) is 48.7 Å². The first-order chi connectivity index (χ1) is 12.6. The third-order valence-electron chi connectivity index (χ3n) is 3.93. The van der Waals surface area contributed by atoms with Crippen molar-refractivity contribution < 1.29 is 9.53 Å². The van der Waals surface area contributed by atoms with Gasteiger partial charge in [-0.2, -0.15) is 5.10 Å². The molecule has 0 saturated carbocycles. The van der Waals surface area contributed by atoms with E-state index in [1.165, 1.54) is 0 Å². The maximum Gasteiger partial charge on any atom is 0.256 e. The van der Waals surface area contributed by atoms with E-state index in [-0.39, 0.29) is 5.91 Å². The topological polar surface area (TPSA) is 69.0 Å². The Bertz CT molecular complexity index is 892. The molecule has 0 atom stereocenters. The van der Waals surface area contributed by atoms with Crippen LogP contribution in [0.25, 0.3) is 0 Å². The van der Waals surface area contributed by atoms with Crippen molar-refractivity contribution in [3.8, 4) is 5.88 Å². The minimum absolute atomic E-state index is 0.261. The number of benzene rings is 1. The monoisotopic (exact) mass is 370 g/mol. The molecule has 0 bridgehead atoms. The van der Waals surface area contributed by atoms with Crippen LogP contribution in [0.1, 0.15) is 27.2 Å². The maximum atomic E-state index is 12.6. The van der Waals surface area contributed by atoms with Crippen LogP contribution < -0.4 is 10.1 Å². The van der Waals surface area contributed by atoms with Crippen LogP contribution in [0, 0.1) is 6.92 Å². The standard InChI is InChI=1S/C19H19ClN4O2/c1-13-17(18(20)24(23-13)12-14-6-4-3-5-7-14)19(25)22-11-15-8-9-16(26-2)21-10-15/h3-10H,11-12H2,1-2H3,(H,22,25). The summed E-state index contributed by atoms with van der Waals surface area (Å²) in [6.45, 7) is 2.63. The van der Waals surface area contributed by atoms with Crippen LogP contribution in [0.2, 0.25) is 5.15 Å². The van der Waals surface area contributed by atoms with E-state index in [1.807, 2.05) is 36.4 Å². The van der Waals surface area contributed by atoms with Gasteiger partial charge in [-0.3, -0.25) is 4.79 Å². The minimum atomic E-state index is -0.261. The molecule has 2 heterocycles. The number of halogens is 1. The molecule has 0 radical (unpaired) electrons. The third-order valence-corrected chi connectivity index (χ3v) is 4.31. The zero-order chi connectivity index (χ0) is 18.5. The van der Waals surface area contributed by atoms with E-state index in [0.29, 0.717) is 35.4 Å². The van der Waals surface area contributed by atoms with E-state index in [1.54, 1.807) is 31.0 Å². The molecule has 26 heavy (non-hydrogen) atoms. The third kappa shape index (κ3) is 4.03. The van der Waals surface area contributed by atoms with Gasteiger partial charge in [0.25, 0.3) is 5.91 Å². The van der Waals surface area contributed by atoms with Gasteiger partial charge in [0.05, 0.1) is 24.9 Å². The van der Waals surface area contributed by atoms with Crippen molar-refractivity contribution in [1.29, 1.82) is 0 Å². The van der Waals surface area contributed by atoms with E-state index in [2.05, 4.69) is 15.4 Å². The summed E-state index contributed by atoms with van der Waals surface area (Å²) in [4.78, 5) is 16.7. The highest BCUT2D eigenvalue weighted by molar-refractivity contribution is 6.33. The molecule has 0 aliphatic rings. The van der Waals surface area contributed by atoms with Crippen LogP contribution in [0.5, 0.6) is 5.88 Å². The number of carbonyl (C=O) groups is 1. The van der Waals surface area contributed by atoms with Crippen LogP contribution in [0.3, 0.4) is 0 Å². The van der Waals surface area contributed by atoms with Gasteiger partial charge in [-0.1, -0.05) is 48.0 Å². The lowest BCUT2D eigenvalue weighted by Crippen LogP contribution is -2.23. The highest BCUT2D eigenvalue weighted by Gasteiger charge is 2.20. The number of pyridine rings is 1. The van der Waals surface area contributed by atoms with Gasteiger partial charge < -0.3 is 10.1 Å². The number of rotatable bonds is 6. The van der Waals surface area contributed by atoms with Crippen LogP contribution >= 0.6 is 11.6 Å². The Balaban J connectivity index is 1.70. The highest BCUT2D eigenvalue weighted by Crippen LogP contribution is 2.21. The van der Waals surface area contributed by atoms with Gasteiger partial charge in [-0.25, -0.2) is 9.67 Å². The lowest BCUT2D eigenvalue weighted by Gasteiger charge is -2.06. The number of ether oxygens (including phenoxy) is 1. The van der Waals surface area contributed by atoms with Crippen LogP contribution in [-0.4, -0.2) is 27.8 Å². The summed E-state index contributed by atoms with van der Waals surface area (Å²) in [6, 6.07) is 13.4. The average molecular weight is 371 g/mol. The summed E-state index contributed by atoms with van der Waals surface area (Å²) in [7, 11) is 1.56. The Morgan fingerprint density at radius 2 is 1.96 bits per heavy atom. The molecule has 0 fully saturated rings. The number of nitrogens with one attached hydrogen (secondary N) is 1.